The van der Waals surface area contributed by atoms with Gasteiger partial charge in [-0.25, -0.2) is 0 Å². The lowest BCUT2D eigenvalue weighted by molar-refractivity contribution is 0.245. The SMILES string of the molecule is CC(C)Oc1c(N(C)CC2CCCC2)sc(C#N)c1N. The van der Waals surface area contributed by atoms with E-state index in [1.165, 1.54) is 37.0 Å². The number of nitrogens with two attached hydrogens (primary N) is 1. The summed E-state index contributed by atoms with van der Waals surface area (Å²) in [4.78, 5) is 2.75. The summed E-state index contributed by atoms with van der Waals surface area (Å²) in [6.45, 7) is 4.97. The molecular formula is C15H23N3OS. The van der Waals surface area contributed by atoms with E-state index in [0.717, 1.165) is 17.5 Å². The number of ether oxygens (including phenoxy) is 1. The van der Waals surface area contributed by atoms with Gasteiger partial charge in [-0.05, 0) is 32.6 Å². The van der Waals surface area contributed by atoms with Crippen molar-refractivity contribution in [1.82, 2.24) is 0 Å². The Morgan fingerprint density at radius 1 is 1.45 bits per heavy atom. The van der Waals surface area contributed by atoms with Gasteiger partial charge in [-0.15, -0.1) is 11.3 Å². The molecule has 0 aromatic carbocycles. The standard InChI is InChI=1S/C15H23N3OS/c1-10(2)19-14-13(17)12(8-16)20-15(14)18(3)9-11-6-4-5-7-11/h10-11H,4-7,9,17H2,1-3H3. The van der Waals surface area contributed by atoms with Gasteiger partial charge in [0.15, 0.2) is 5.75 Å². The molecule has 0 amide bonds. The Hall–Kier alpha value is -1.41. The fourth-order valence-corrected chi connectivity index (χ4v) is 3.69. The summed E-state index contributed by atoms with van der Waals surface area (Å²) in [5, 5.41) is 10.1. The molecule has 1 aromatic rings. The van der Waals surface area contributed by atoms with E-state index in [2.05, 4.69) is 18.0 Å². The lowest BCUT2D eigenvalue weighted by Gasteiger charge is -2.23. The molecule has 2 N–H and O–H groups in total. The predicted molar refractivity (Wildman–Crippen MR) is 84.4 cm³/mol. The van der Waals surface area contributed by atoms with Crippen LogP contribution in [-0.2, 0) is 0 Å². The van der Waals surface area contributed by atoms with E-state index in [1.807, 2.05) is 13.8 Å². The molecule has 1 heterocycles. The van der Waals surface area contributed by atoms with Crippen LogP contribution in [0.5, 0.6) is 5.75 Å². The van der Waals surface area contributed by atoms with E-state index in [-0.39, 0.29) is 6.10 Å². The van der Waals surface area contributed by atoms with Crippen LogP contribution in [0.25, 0.3) is 0 Å². The van der Waals surface area contributed by atoms with Crippen molar-refractivity contribution in [1.29, 1.82) is 5.26 Å². The van der Waals surface area contributed by atoms with Crippen LogP contribution >= 0.6 is 11.3 Å². The molecule has 0 bridgehead atoms. The lowest BCUT2D eigenvalue weighted by atomic mass is 10.1. The molecule has 0 unspecified atom stereocenters. The van der Waals surface area contributed by atoms with Crippen LogP contribution < -0.4 is 15.4 Å². The van der Waals surface area contributed by atoms with Gasteiger partial charge in [-0.1, -0.05) is 12.8 Å². The molecule has 1 aromatic heterocycles. The summed E-state index contributed by atoms with van der Waals surface area (Å²) in [6, 6.07) is 2.16. The Morgan fingerprint density at radius 2 is 2.10 bits per heavy atom. The van der Waals surface area contributed by atoms with E-state index in [9.17, 15) is 0 Å². The summed E-state index contributed by atoms with van der Waals surface area (Å²) in [5.41, 5.74) is 6.53. The Kier molecular flexibility index (Phi) is 4.77. The molecule has 1 aliphatic carbocycles. The second-order valence-corrected chi connectivity index (χ2v) is 6.79. The van der Waals surface area contributed by atoms with Gasteiger partial charge in [0.1, 0.15) is 21.6 Å². The fraction of sp³-hybridized carbons (Fsp3) is 0.667. The van der Waals surface area contributed by atoms with Crippen molar-refractivity contribution in [2.75, 3.05) is 24.2 Å². The van der Waals surface area contributed by atoms with Crippen molar-refractivity contribution in [3.05, 3.63) is 4.88 Å². The summed E-state index contributed by atoms with van der Waals surface area (Å²) < 4.78 is 5.84. The van der Waals surface area contributed by atoms with Crippen LogP contribution in [-0.4, -0.2) is 19.7 Å². The normalized spacial score (nSPS) is 15.6. The molecule has 20 heavy (non-hydrogen) atoms. The van der Waals surface area contributed by atoms with Gasteiger partial charge in [-0.2, -0.15) is 5.26 Å². The summed E-state index contributed by atoms with van der Waals surface area (Å²) in [5.74, 6) is 1.43. The molecular weight excluding hydrogens is 270 g/mol. The Bertz CT molecular complexity index is 498. The van der Waals surface area contributed by atoms with E-state index >= 15 is 0 Å². The highest BCUT2D eigenvalue weighted by Crippen LogP contribution is 2.45. The van der Waals surface area contributed by atoms with Crippen LogP contribution in [0.2, 0.25) is 0 Å². The smallest absolute Gasteiger partial charge is 0.178 e. The van der Waals surface area contributed by atoms with Gasteiger partial charge in [0.2, 0.25) is 0 Å². The number of nitrogens with zero attached hydrogens (tertiary/aromatic N) is 2. The van der Waals surface area contributed by atoms with Crippen molar-refractivity contribution < 1.29 is 4.74 Å². The van der Waals surface area contributed by atoms with Gasteiger partial charge < -0.3 is 15.4 Å². The van der Waals surface area contributed by atoms with E-state index in [4.69, 9.17) is 15.7 Å². The van der Waals surface area contributed by atoms with Crippen LogP contribution in [0.4, 0.5) is 10.7 Å². The second-order valence-electron chi connectivity index (χ2n) is 5.79. The predicted octanol–water partition coefficient (Wildman–Crippen LogP) is 3.62. The quantitative estimate of drug-likeness (QED) is 0.900. The first kappa shape index (κ1) is 15.0. The van der Waals surface area contributed by atoms with Crippen LogP contribution in [0, 0.1) is 17.2 Å². The molecule has 1 fully saturated rings. The van der Waals surface area contributed by atoms with Gasteiger partial charge in [0, 0.05) is 13.6 Å². The molecule has 0 atom stereocenters. The zero-order valence-corrected chi connectivity index (χ0v) is 13.3. The number of nitrogen functional groups attached to an aromatic ring is 1. The second kappa shape index (κ2) is 6.36. The Balaban J connectivity index is 2.22. The highest BCUT2D eigenvalue weighted by Gasteiger charge is 2.24. The molecule has 0 radical (unpaired) electrons. The van der Waals surface area contributed by atoms with E-state index in [0.29, 0.717) is 16.3 Å². The van der Waals surface area contributed by atoms with Gasteiger partial charge in [0.05, 0.1) is 6.10 Å². The first-order valence-corrected chi connectivity index (χ1v) is 8.04. The number of hydrogen-bond acceptors (Lipinski definition) is 5. The third-order valence-electron chi connectivity index (χ3n) is 3.69. The van der Waals surface area contributed by atoms with Gasteiger partial charge in [-0.3, -0.25) is 0 Å². The zero-order valence-electron chi connectivity index (χ0n) is 12.5. The van der Waals surface area contributed by atoms with Crippen molar-refractivity contribution in [2.45, 2.75) is 45.6 Å². The number of rotatable bonds is 5. The van der Waals surface area contributed by atoms with Crippen LogP contribution in [0.15, 0.2) is 0 Å². The lowest BCUT2D eigenvalue weighted by Crippen LogP contribution is -2.24. The molecule has 0 aliphatic heterocycles. The average molecular weight is 293 g/mol. The largest absolute Gasteiger partial charge is 0.486 e. The van der Waals surface area contributed by atoms with Crippen molar-refractivity contribution >= 4 is 22.0 Å². The zero-order chi connectivity index (χ0) is 14.7. The monoisotopic (exact) mass is 293 g/mol. The molecule has 110 valence electrons. The minimum Gasteiger partial charge on any atom is -0.486 e. The van der Waals surface area contributed by atoms with E-state index < -0.39 is 0 Å². The summed E-state index contributed by atoms with van der Waals surface area (Å²) >= 11 is 1.43. The highest BCUT2D eigenvalue weighted by molar-refractivity contribution is 7.17. The third kappa shape index (κ3) is 3.18. The molecule has 0 spiro atoms. The Morgan fingerprint density at radius 3 is 2.65 bits per heavy atom. The number of nitriles is 1. The number of hydrogen-bond donors (Lipinski definition) is 1. The number of anilines is 2. The summed E-state index contributed by atoms with van der Waals surface area (Å²) in [6.07, 6.45) is 5.33. The minimum atomic E-state index is 0.0528. The summed E-state index contributed by atoms with van der Waals surface area (Å²) in [7, 11) is 2.07. The van der Waals surface area contributed by atoms with Crippen molar-refractivity contribution in [3.8, 4) is 11.8 Å². The van der Waals surface area contributed by atoms with Crippen molar-refractivity contribution in [3.63, 3.8) is 0 Å². The molecule has 1 saturated carbocycles. The van der Waals surface area contributed by atoms with E-state index in [1.54, 1.807) is 0 Å². The molecule has 4 nitrogen and oxygen atoms in total. The van der Waals surface area contributed by atoms with Crippen LogP contribution in [0.3, 0.4) is 0 Å². The topological polar surface area (TPSA) is 62.3 Å². The maximum absolute atomic E-state index is 9.16. The maximum Gasteiger partial charge on any atom is 0.178 e. The maximum atomic E-state index is 9.16. The van der Waals surface area contributed by atoms with Gasteiger partial charge in [0.25, 0.3) is 0 Å². The third-order valence-corrected chi connectivity index (χ3v) is 4.90. The first-order valence-electron chi connectivity index (χ1n) is 7.23. The molecule has 2 rings (SSSR count). The highest BCUT2D eigenvalue weighted by atomic mass is 32.1. The molecule has 5 heteroatoms. The number of thiophene rings is 1. The minimum absolute atomic E-state index is 0.0528. The molecule has 0 saturated heterocycles. The first-order chi connectivity index (χ1) is 9.52. The van der Waals surface area contributed by atoms with Gasteiger partial charge >= 0.3 is 0 Å². The Labute approximate surface area is 125 Å². The van der Waals surface area contributed by atoms with Crippen molar-refractivity contribution in [2.24, 2.45) is 5.92 Å². The fourth-order valence-electron chi connectivity index (χ4n) is 2.76. The molecule has 1 aliphatic rings. The average Bonchev–Trinajstić information content (AvgIpc) is 2.99. The van der Waals surface area contributed by atoms with Crippen LogP contribution in [0.1, 0.15) is 44.4 Å².